The van der Waals surface area contributed by atoms with Gasteiger partial charge in [0.15, 0.2) is 11.5 Å². The molecule has 9 nitrogen and oxygen atoms in total. The third-order valence-electron chi connectivity index (χ3n) is 6.10. The molecule has 3 N–H and O–H groups in total. The highest BCUT2D eigenvalue weighted by Gasteiger charge is 2.28. The number of carbonyl (C=O) groups excluding carboxylic acids is 2. The summed E-state index contributed by atoms with van der Waals surface area (Å²) in [6.45, 7) is 2.94. The number of nitrogens with one attached hydrogen (secondary N) is 2. The van der Waals surface area contributed by atoms with Crippen molar-refractivity contribution >= 4 is 40.6 Å². The molecule has 11 heteroatoms. The lowest BCUT2D eigenvalue weighted by atomic mass is 10.0. The van der Waals surface area contributed by atoms with E-state index in [9.17, 15) is 19.5 Å². The van der Waals surface area contributed by atoms with E-state index in [1.165, 1.54) is 0 Å². The van der Waals surface area contributed by atoms with Gasteiger partial charge in [0.25, 0.3) is 0 Å². The average molecular weight is 558 g/mol. The van der Waals surface area contributed by atoms with Crippen molar-refractivity contribution in [3.05, 3.63) is 68.5 Å². The van der Waals surface area contributed by atoms with Gasteiger partial charge < -0.3 is 30.1 Å². The van der Waals surface area contributed by atoms with Crippen LogP contribution in [0, 0.1) is 0 Å². The fourth-order valence-electron chi connectivity index (χ4n) is 4.13. The normalized spacial score (nSPS) is 13.5. The van der Waals surface area contributed by atoms with Crippen LogP contribution >= 0.6 is 22.7 Å². The number of ether oxygens (including phenoxy) is 2. The lowest BCUT2D eigenvalue weighted by Crippen LogP contribution is -2.51. The Labute approximate surface area is 229 Å². The average Bonchev–Trinajstić information content (AvgIpc) is 3.68. The van der Waals surface area contributed by atoms with Crippen LogP contribution in [0.15, 0.2) is 53.2 Å². The van der Waals surface area contributed by atoms with Gasteiger partial charge >= 0.3 is 12.0 Å². The van der Waals surface area contributed by atoms with E-state index in [0.29, 0.717) is 36.6 Å². The number of carboxylic acid groups (broad SMARTS) is 1. The fourth-order valence-corrected chi connectivity index (χ4v) is 5.57. The van der Waals surface area contributed by atoms with Gasteiger partial charge in [-0.3, -0.25) is 9.59 Å². The molecule has 3 amide bonds. The third-order valence-corrected chi connectivity index (χ3v) is 7.82. The number of carboxylic acids is 1. The molecule has 202 valence electrons. The topological polar surface area (TPSA) is 117 Å². The Bertz CT molecular complexity index is 1180. The monoisotopic (exact) mass is 557 g/mol. The summed E-state index contributed by atoms with van der Waals surface area (Å²) in [6, 6.07) is 11.0. The molecule has 1 aliphatic heterocycles. The Morgan fingerprint density at radius 3 is 2.29 bits per heavy atom. The predicted molar refractivity (Wildman–Crippen MR) is 145 cm³/mol. The molecule has 0 fully saturated rings. The zero-order chi connectivity index (χ0) is 26.9. The number of nitrogens with zero attached hydrogens (tertiary/aromatic N) is 1. The Hall–Kier alpha value is -3.57. The van der Waals surface area contributed by atoms with Crippen LogP contribution < -0.4 is 20.1 Å². The second kappa shape index (κ2) is 13.3. The maximum Gasteiger partial charge on any atom is 0.318 e. The number of amides is 3. The first-order valence-electron chi connectivity index (χ1n) is 12.4. The van der Waals surface area contributed by atoms with Crippen LogP contribution in [-0.2, 0) is 22.7 Å². The van der Waals surface area contributed by atoms with Gasteiger partial charge in [-0.15, -0.1) is 22.7 Å². The Morgan fingerprint density at radius 2 is 1.68 bits per heavy atom. The molecule has 3 aromatic rings. The number of aliphatic carboxylic acids is 1. The minimum Gasteiger partial charge on any atom is -0.481 e. The van der Waals surface area contributed by atoms with E-state index in [0.717, 1.165) is 22.6 Å². The van der Waals surface area contributed by atoms with Crippen LogP contribution in [-0.4, -0.2) is 40.7 Å². The van der Waals surface area contributed by atoms with Crippen LogP contribution in [0.3, 0.4) is 0 Å². The number of fused-ring (bicyclic) bond motifs is 1. The zero-order valence-corrected chi connectivity index (χ0v) is 22.7. The van der Waals surface area contributed by atoms with Crippen molar-refractivity contribution in [2.75, 3.05) is 6.79 Å². The van der Waals surface area contributed by atoms with Crippen LogP contribution in [0.2, 0.25) is 0 Å². The Balaban J connectivity index is 1.49. The number of rotatable bonds is 13. The van der Waals surface area contributed by atoms with Gasteiger partial charge in [-0.05, 0) is 47.0 Å². The van der Waals surface area contributed by atoms with Crippen molar-refractivity contribution in [2.45, 2.75) is 57.8 Å². The number of unbranched alkanes of at least 4 members (excludes halogenated alkanes) is 1. The van der Waals surface area contributed by atoms with Gasteiger partial charge in [0, 0.05) is 9.75 Å². The van der Waals surface area contributed by atoms with Crippen molar-refractivity contribution in [1.29, 1.82) is 0 Å². The highest BCUT2D eigenvalue weighted by molar-refractivity contribution is 7.10. The molecule has 0 aliphatic carbocycles. The van der Waals surface area contributed by atoms with Crippen LogP contribution in [0.25, 0.3) is 0 Å². The number of carbonyl (C=O) groups is 3. The van der Waals surface area contributed by atoms with Crippen molar-refractivity contribution in [3.8, 4) is 11.5 Å². The summed E-state index contributed by atoms with van der Waals surface area (Å²) in [4.78, 5) is 42.3. The first kappa shape index (κ1) is 27.5. The highest BCUT2D eigenvalue weighted by Crippen LogP contribution is 2.35. The summed E-state index contributed by atoms with van der Waals surface area (Å²) < 4.78 is 10.8. The van der Waals surface area contributed by atoms with Crippen LogP contribution in [0.5, 0.6) is 11.5 Å². The van der Waals surface area contributed by atoms with E-state index in [-0.39, 0.29) is 19.2 Å². The minimum absolute atomic E-state index is 0.0906. The number of thiophene rings is 2. The van der Waals surface area contributed by atoms with Gasteiger partial charge in [-0.2, -0.15) is 0 Å². The van der Waals surface area contributed by atoms with Gasteiger partial charge in [0.2, 0.25) is 12.7 Å². The summed E-state index contributed by atoms with van der Waals surface area (Å²) in [5, 5.41) is 19.2. The summed E-state index contributed by atoms with van der Waals surface area (Å²) in [5.74, 6) is -0.414. The molecular formula is C27H31N3O6S2. The lowest BCUT2D eigenvalue weighted by Gasteiger charge is -2.27. The van der Waals surface area contributed by atoms with Gasteiger partial charge in [-0.25, -0.2) is 4.79 Å². The molecule has 0 unspecified atom stereocenters. The molecule has 0 radical (unpaired) electrons. The van der Waals surface area contributed by atoms with E-state index in [1.54, 1.807) is 45.8 Å². The Morgan fingerprint density at radius 1 is 1.00 bits per heavy atom. The van der Waals surface area contributed by atoms with Crippen molar-refractivity contribution in [3.63, 3.8) is 0 Å². The molecule has 0 spiro atoms. The Kier molecular flexibility index (Phi) is 9.61. The molecule has 38 heavy (non-hydrogen) atoms. The predicted octanol–water partition coefficient (Wildman–Crippen LogP) is 5.14. The standard InChI is InChI=1S/C27H31N3O6S2/c1-2-3-8-21(29-27(34)30(15-19-6-4-11-37-19)16-20-7-5-12-38-20)26(33)28-22(14-25(31)32)18-9-10-23-24(13-18)36-17-35-23/h4-7,9-13,21-22H,2-3,8,14-17H2,1H3,(H,28,33)(H,29,34)(H,31,32)/t21-,22-/m1/s1. The quantitative estimate of drug-likeness (QED) is 0.268. The maximum atomic E-state index is 13.5. The van der Waals surface area contributed by atoms with E-state index >= 15 is 0 Å². The highest BCUT2D eigenvalue weighted by atomic mass is 32.1. The second-order valence-corrected chi connectivity index (χ2v) is 11.0. The molecule has 1 aromatic carbocycles. The minimum atomic E-state index is -1.06. The molecule has 3 heterocycles. The maximum absolute atomic E-state index is 13.5. The SMILES string of the molecule is CCCC[C@@H](NC(=O)N(Cc1cccs1)Cc1cccs1)C(=O)N[C@H](CC(=O)O)c1ccc2c(c1)OCO2. The number of urea groups is 1. The smallest absolute Gasteiger partial charge is 0.318 e. The zero-order valence-electron chi connectivity index (χ0n) is 21.1. The second-order valence-electron chi connectivity index (χ2n) is 8.93. The number of benzene rings is 1. The van der Waals surface area contributed by atoms with Crippen LogP contribution in [0.4, 0.5) is 4.79 Å². The molecular weight excluding hydrogens is 526 g/mol. The number of hydrogen-bond acceptors (Lipinski definition) is 7. The molecule has 2 atom stereocenters. The first-order valence-corrected chi connectivity index (χ1v) is 14.2. The van der Waals surface area contributed by atoms with Gasteiger partial charge in [0.05, 0.1) is 25.6 Å². The number of hydrogen-bond donors (Lipinski definition) is 3. The molecule has 2 aromatic heterocycles. The molecule has 4 rings (SSSR count). The van der Waals surface area contributed by atoms with Crippen LogP contribution in [0.1, 0.15) is 54.0 Å². The summed E-state index contributed by atoms with van der Waals surface area (Å²) in [5.41, 5.74) is 0.586. The third kappa shape index (κ3) is 7.48. The van der Waals surface area contributed by atoms with E-state index in [1.807, 2.05) is 41.9 Å². The van der Waals surface area contributed by atoms with Gasteiger partial charge in [0.1, 0.15) is 6.04 Å². The summed E-state index contributed by atoms with van der Waals surface area (Å²) in [7, 11) is 0. The molecule has 0 bridgehead atoms. The lowest BCUT2D eigenvalue weighted by molar-refractivity contribution is -0.137. The van der Waals surface area contributed by atoms with E-state index in [4.69, 9.17) is 9.47 Å². The van der Waals surface area contributed by atoms with E-state index < -0.39 is 24.0 Å². The van der Waals surface area contributed by atoms with Gasteiger partial charge in [-0.1, -0.05) is 38.0 Å². The fraction of sp³-hybridized carbons (Fsp3) is 0.370. The first-order chi connectivity index (χ1) is 18.4. The summed E-state index contributed by atoms with van der Waals surface area (Å²) >= 11 is 3.14. The largest absolute Gasteiger partial charge is 0.481 e. The molecule has 0 saturated heterocycles. The van der Waals surface area contributed by atoms with Crippen molar-refractivity contribution in [1.82, 2.24) is 15.5 Å². The van der Waals surface area contributed by atoms with E-state index in [2.05, 4.69) is 10.6 Å². The van der Waals surface area contributed by atoms with Crippen molar-refractivity contribution in [2.24, 2.45) is 0 Å². The summed E-state index contributed by atoms with van der Waals surface area (Å²) in [6.07, 6.45) is 1.68. The molecule has 0 saturated carbocycles. The van der Waals surface area contributed by atoms with Crippen molar-refractivity contribution < 1.29 is 29.0 Å². The molecule has 1 aliphatic rings.